The number of nitriles is 1. The van der Waals surface area contributed by atoms with Crippen LogP contribution in [0.4, 0.5) is 11.6 Å². The number of anilines is 2. The minimum absolute atomic E-state index is 0.587. The number of rotatable bonds is 3. The number of hydrogen-bond donors (Lipinski definition) is 2. The first kappa shape index (κ1) is 11.7. The minimum atomic E-state index is 0.587. The van der Waals surface area contributed by atoms with Gasteiger partial charge in [0.2, 0.25) is 0 Å². The number of pyridine rings is 1. The van der Waals surface area contributed by atoms with E-state index in [0.717, 1.165) is 5.82 Å². The molecule has 0 spiro atoms. The van der Waals surface area contributed by atoms with Crippen LogP contribution in [0.15, 0.2) is 24.4 Å². The second kappa shape index (κ2) is 5.11. The van der Waals surface area contributed by atoms with E-state index in [2.05, 4.69) is 26.6 Å². The van der Waals surface area contributed by atoms with Gasteiger partial charge in [-0.05, 0) is 25.0 Å². The molecule has 2 aromatic heterocycles. The van der Waals surface area contributed by atoms with E-state index in [0.29, 0.717) is 17.3 Å². The Morgan fingerprint density at radius 2 is 2.11 bits per heavy atom. The van der Waals surface area contributed by atoms with Crippen molar-refractivity contribution >= 4 is 11.6 Å². The lowest BCUT2D eigenvalue weighted by atomic mass is 10.0. The topological polar surface area (TPSA) is 77.4 Å². The second-order valence-electron chi connectivity index (χ2n) is 4.86. The monoisotopic (exact) mass is 253 g/mol. The first-order chi connectivity index (χ1) is 9.35. The van der Waals surface area contributed by atoms with E-state index in [-0.39, 0.29) is 0 Å². The molecule has 5 nitrogen and oxygen atoms in total. The fraction of sp³-hybridized carbons (Fsp3) is 0.357. The Balaban J connectivity index is 1.74. The highest BCUT2D eigenvalue weighted by molar-refractivity contribution is 5.54. The third-order valence-electron chi connectivity index (χ3n) is 3.54. The number of hydrogen-bond acceptors (Lipinski definition) is 4. The smallest absolute Gasteiger partial charge is 0.153 e. The lowest BCUT2D eigenvalue weighted by Crippen LogP contribution is -1.93. The Morgan fingerprint density at radius 1 is 1.26 bits per heavy atom. The third kappa shape index (κ3) is 2.58. The fourth-order valence-electron chi connectivity index (χ4n) is 2.55. The molecule has 1 aliphatic rings. The van der Waals surface area contributed by atoms with Crippen molar-refractivity contribution in [1.82, 2.24) is 15.2 Å². The first-order valence-electron chi connectivity index (χ1n) is 6.53. The van der Waals surface area contributed by atoms with Crippen molar-refractivity contribution in [2.24, 2.45) is 0 Å². The Labute approximate surface area is 111 Å². The summed E-state index contributed by atoms with van der Waals surface area (Å²) >= 11 is 0. The molecule has 0 atom stereocenters. The highest BCUT2D eigenvalue weighted by atomic mass is 15.2. The molecule has 0 aromatic carbocycles. The van der Waals surface area contributed by atoms with Crippen molar-refractivity contribution in [3.05, 3.63) is 35.7 Å². The van der Waals surface area contributed by atoms with Crippen molar-refractivity contribution in [3.63, 3.8) is 0 Å². The molecular weight excluding hydrogens is 238 g/mol. The zero-order valence-corrected chi connectivity index (χ0v) is 10.6. The molecule has 0 unspecified atom stereocenters. The Bertz CT molecular complexity index is 604. The molecule has 96 valence electrons. The van der Waals surface area contributed by atoms with E-state index in [1.54, 1.807) is 18.3 Å². The van der Waals surface area contributed by atoms with E-state index < -0.39 is 0 Å². The quantitative estimate of drug-likeness (QED) is 0.881. The van der Waals surface area contributed by atoms with Gasteiger partial charge in [-0.3, -0.25) is 5.10 Å². The van der Waals surface area contributed by atoms with Gasteiger partial charge in [0.15, 0.2) is 5.82 Å². The molecule has 5 heteroatoms. The number of H-pyrrole nitrogens is 1. The van der Waals surface area contributed by atoms with Crippen LogP contribution in [-0.2, 0) is 0 Å². The summed E-state index contributed by atoms with van der Waals surface area (Å²) in [6.45, 7) is 0. The lowest BCUT2D eigenvalue weighted by molar-refractivity contribution is 0.693. The van der Waals surface area contributed by atoms with Crippen molar-refractivity contribution in [1.29, 1.82) is 5.26 Å². The number of aromatic nitrogens is 3. The molecule has 1 aliphatic carbocycles. The van der Waals surface area contributed by atoms with Gasteiger partial charge in [0.25, 0.3) is 0 Å². The molecule has 0 bridgehead atoms. The summed E-state index contributed by atoms with van der Waals surface area (Å²) in [6, 6.07) is 7.53. The Morgan fingerprint density at radius 3 is 2.89 bits per heavy atom. The molecule has 2 aromatic rings. The molecule has 2 N–H and O–H groups in total. The molecule has 0 saturated heterocycles. The summed E-state index contributed by atoms with van der Waals surface area (Å²) in [5.74, 6) is 2.01. The van der Waals surface area contributed by atoms with Crippen LogP contribution in [-0.4, -0.2) is 15.2 Å². The standard InChI is InChI=1S/C14H15N5/c15-9-10-5-6-16-13(7-10)17-14-8-12(18-19-14)11-3-1-2-4-11/h5-8,11H,1-4H2,(H2,16,17,18,19). The van der Waals surface area contributed by atoms with Crippen molar-refractivity contribution in [2.75, 3.05) is 5.32 Å². The number of nitrogens with zero attached hydrogens (tertiary/aromatic N) is 3. The maximum atomic E-state index is 8.85. The molecule has 19 heavy (non-hydrogen) atoms. The van der Waals surface area contributed by atoms with Crippen LogP contribution in [0.2, 0.25) is 0 Å². The molecule has 2 heterocycles. The molecule has 0 amide bonds. The highest BCUT2D eigenvalue weighted by Gasteiger charge is 2.19. The van der Waals surface area contributed by atoms with E-state index in [1.807, 2.05) is 6.07 Å². The zero-order chi connectivity index (χ0) is 13.1. The van der Waals surface area contributed by atoms with E-state index >= 15 is 0 Å². The number of nitrogens with one attached hydrogen (secondary N) is 2. The second-order valence-corrected chi connectivity index (χ2v) is 4.86. The normalized spacial score (nSPS) is 15.3. The Hall–Kier alpha value is -2.35. The van der Waals surface area contributed by atoms with Crippen LogP contribution < -0.4 is 5.32 Å². The molecule has 1 fully saturated rings. The van der Waals surface area contributed by atoms with E-state index in [1.165, 1.54) is 31.4 Å². The maximum Gasteiger partial charge on any atom is 0.153 e. The highest BCUT2D eigenvalue weighted by Crippen LogP contribution is 2.33. The van der Waals surface area contributed by atoms with Gasteiger partial charge in [-0.1, -0.05) is 12.8 Å². The number of aromatic amines is 1. The van der Waals surface area contributed by atoms with Gasteiger partial charge in [0.1, 0.15) is 5.82 Å². The average molecular weight is 253 g/mol. The van der Waals surface area contributed by atoms with Crippen LogP contribution in [0.25, 0.3) is 0 Å². The maximum absolute atomic E-state index is 8.85. The lowest BCUT2D eigenvalue weighted by Gasteiger charge is -2.03. The van der Waals surface area contributed by atoms with Gasteiger partial charge in [0.05, 0.1) is 11.6 Å². The molecule has 0 aliphatic heterocycles. The summed E-state index contributed by atoms with van der Waals surface area (Å²) < 4.78 is 0. The van der Waals surface area contributed by atoms with E-state index in [9.17, 15) is 0 Å². The summed E-state index contributed by atoms with van der Waals surface area (Å²) in [6.07, 6.45) is 6.70. The summed E-state index contributed by atoms with van der Waals surface area (Å²) in [4.78, 5) is 4.17. The van der Waals surface area contributed by atoms with Gasteiger partial charge in [-0.25, -0.2) is 4.98 Å². The van der Waals surface area contributed by atoms with Crippen molar-refractivity contribution < 1.29 is 0 Å². The predicted molar refractivity (Wildman–Crippen MR) is 72.0 cm³/mol. The SMILES string of the molecule is N#Cc1ccnc(Nc2cc(C3CCCC3)[nH]n2)c1. The summed E-state index contributed by atoms with van der Waals surface area (Å²) in [7, 11) is 0. The molecule has 0 radical (unpaired) electrons. The van der Waals surface area contributed by atoms with Crippen LogP contribution in [0.1, 0.15) is 42.9 Å². The first-order valence-corrected chi connectivity index (χ1v) is 6.53. The largest absolute Gasteiger partial charge is 0.323 e. The molecular formula is C14H15N5. The van der Waals surface area contributed by atoms with Crippen LogP contribution in [0, 0.1) is 11.3 Å². The zero-order valence-electron chi connectivity index (χ0n) is 10.6. The minimum Gasteiger partial charge on any atom is -0.323 e. The Kier molecular flexibility index (Phi) is 3.15. The third-order valence-corrected chi connectivity index (χ3v) is 3.54. The molecule has 3 rings (SSSR count). The van der Waals surface area contributed by atoms with E-state index in [4.69, 9.17) is 5.26 Å². The van der Waals surface area contributed by atoms with Gasteiger partial charge in [-0.15, -0.1) is 0 Å². The average Bonchev–Trinajstić information content (AvgIpc) is 3.09. The van der Waals surface area contributed by atoms with Gasteiger partial charge >= 0.3 is 0 Å². The van der Waals surface area contributed by atoms with Crippen LogP contribution >= 0.6 is 0 Å². The van der Waals surface area contributed by atoms with Crippen LogP contribution in [0.3, 0.4) is 0 Å². The molecule has 1 saturated carbocycles. The van der Waals surface area contributed by atoms with Crippen molar-refractivity contribution in [2.45, 2.75) is 31.6 Å². The van der Waals surface area contributed by atoms with Gasteiger partial charge in [-0.2, -0.15) is 10.4 Å². The van der Waals surface area contributed by atoms with Crippen LogP contribution in [0.5, 0.6) is 0 Å². The van der Waals surface area contributed by atoms with Gasteiger partial charge in [0, 0.05) is 23.9 Å². The summed E-state index contributed by atoms with van der Waals surface area (Å²) in [5.41, 5.74) is 1.78. The predicted octanol–water partition coefficient (Wildman–Crippen LogP) is 3.08. The van der Waals surface area contributed by atoms with Gasteiger partial charge < -0.3 is 5.32 Å². The summed E-state index contributed by atoms with van der Waals surface area (Å²) in [5, 5.41) is 19.3. The fourth-order valence-corrected chi connectivity index (χ4v) is 2.55. The van der Waals surface area contributed by atoms with Crippen molar-refractivity contribution in [3.8, 4) is 6.07 Å².